The van der Waals surface area contributed by atoms with Gasteiger partial charge in [0.1, 0.15) is 5.82 Å². The van der Waals surface area contributed by atoms with Crippen molar-refractivity contribution in [3.8, 4) is 0 Å². The molecule has 0 radical (unpaired) electrons. The number of nitrogens with zero attached hydrogens (tertiary/aromatic N) is 1. The third-order valence-corrected chi connectivity index (χ3v) is 4.59. The average Bonchev–Trinajstić information content (AvgIpc) is 3.09. The minimum absolute atomic E-state index is 0.0261. The predicted octanol–water partition coefficient (Wildman–Crippen LogP) is 3.79. The first-order chi connectivity index (χ1) is 9.74. The van der Waals surface area contributed by atoms with Gasteiger partial charge >= 0.3 is 0 Å². The molecule has 20 heavy (non-hydrogen) atoms. The van der Waals surface area contributed by atoms with Crippen LogP contribution >= 0.6 is 11.3 Å². The molecule has 1 fully saturated rings. The third-order valence-electron chi connectivity index (χ3n) is 3.71. The molecule has 0 spiro atoms. The first-order valence-electron chi connectivity index (χ1n) is 6.81. The standard InChI is InChI=1S/C16H16FNOS/c17-13-5-1-4-12(10-13)15-7-2-8-18(15)16(19)11-14-6-3-9-20-14/h1,3-6,9-10,15H,2,7-8,11H2/t15-/m0/s1. The molecule has 0 bridgehead atoms. The molecule has 1 amide bonds. The molecule has 104 valence electrons. The summed E-state index contributed by atoms with van der Waals surface area (Å²) in [5.74, 6) is -0.0979. The van der Waals surface area contributed by atoms with Crippen LogP contribution in [0, 0.1) is 5.82 Å². The molecule has 2 heterocycles. The van der Waals surface area contributed by atoms with Gasteiger partial charge in [-0.2, -0.15) is 0 Å². The smallest absolute Gasteiger partial charge is 0.228 e. The number of thiophene rings is 1. The van der Waals surface area contributed by atoms with Crippen LogP contribution in [0.4, 0.5) is 4.39 Å². The first kappa shape index (κ1) is 13.3. The largest absolute Gasteiger partial charge is 0.335 e. The Morgan fingerprint density at radius 3 is 3.00 bits per heavy atom. The van der Waals surface area contributed by atoms with Crippen molar-refractivity contribution < 1.29 is 9.18 Å². The molecule has 2 aromatic rings. The molecule has 4 heteroatoms. The topological polar surface area (TPSA) is 20.3 Å². The van der Waals surface area contributed by atoms with Gasteiger partial charge in [0, 0.05) is 11.4 Å². The van der Waals surface area contributed by atoms with Crippen molar-refractivity contribution in [2.24, 2.45) is 0 Å². The summed E-state index contributed by atoms with van der Waals surface area (Å²) in [7, 11) is 0. The van der Waals surface area contributed by atoms with E-state index >= 15 is 0 Å². The van der Waals surface area contributed by atoms with Crippen LogP contribution in [0.3, 0.4) is 0 Å². The third kappa shape index (κ3) is 2.75. The van der Waals surface area contributed by atoms with Crippen LogP contribution in [0.5, 0.6) is 0 Å². The van der Waals surface area contributed by atoms with Gasteiger partial charge < -0.3 is 4.90 Å². The molecule has 1 aliphatic heterocycles. The lowest BCUT2D eigenvalue weighted by atomic mass is 10.0. The van der Waals surface area contributed by atoms with E-state index in [9.17, 15) is 9.18 Å². The maximum absolute atomic E-state index is 13.4. The lowest BCUT2D eigenvalue weighted by Gasteiger charge is -2.25. The Bertz CT molecular complexity index is 596. The van der Waals surface area contributed by atoms with Crippen LogP contribution < -0.4 is 0 Å². The minimum atomic E-state index is -0.236. The molecular weight excluding hydrogens is 273 g/mol. The van der Waals surface area contributed by atoms with Gasteiger partial charge in [0.2, 0.25) is 5.91 Å². The maximum Gasteiger partial charge on any atom is 0.228 e. The Morgan fingerprint density at radius 1 is 1.35 bits per heavy atom. The molecule has 1 aromatic heterocycles. The number of hydrogen-bond donors (Lipinski definition) is 0. The number of benzene rings is 1. The zero-order valence-corrected chi connectivity index (χ0v) is 11.9. The lowest BCUT2D eigenvalue weighted by Crippen LogP contribution is -2.31. The summed E-state index contributed by atoms with van der Waals surface area (Å²) in [5, 5.41) is 1.98. The number of likely N-dealkylation sites (tertiary alicyclic amines) is 1. The summed E-state index contributed by atoms with van der Waals surface area (Å²) in [5.41, 5.74) is 0.905. The average molecular weight is 289 g/mol. The monoisotopic (exact) mass is 289 g/mol. The first-order valence-corrected chi connectivity index (χ1v) is 7.69. The van der Waals surface area contributed by atoms with E-state index in [-0.39, 0.29) is 17.8 Å². The highest BCUT2D eigenvalue weighted by Gasteiger charge is 2.30. The SMILES string of the molecule is O=C(Cc1cccs1)N1CCC[C@H]1c1cccc(F)c1. The van der Waals surface area contributed by atoms with Crippen LogP contribution in [0.2, 0.25) is 0 Å². The van der Waals surface area contributed by atoms with Crippen molar-refractivity contribution in [2.75, 3.05) is 6.54 Å². The second kappa shape index (κ2) is 5.75. The van der Waals surface area contributed by atoms with E-state index in [0.717, 1.165) is 29.8 Å². The van der Waals surface area contributed by atoms with Crippen molar-refractivity contribution in [3.63, 3.8) is 0 Å². The quantitative estimate of drug-likeness (QED) is 0.841. The van der Waals surface area contributed by atoms with Gasteiger partial charge in [-0.3, -0.25) is 4.79 Å². The molecule has 1 atom stereocenters. The van der Waals surface area contributed by atoms with Crippen molar-refractivity contribution >= 4 is 17.2 Å². The summed E-state index contributed by atoms with van der Waals surface area (Å²) >= 11 is 1.60. The summed E-state index contributed by atoms with van der Waals surface area (Å²) in [6.07, 6.45) is 2.35. The second-order valence-corrected chi connectivity index (χ2v) is 6.09. The summed E-state index contributed by atoms with van der Waals surface area (Å²) in [6.45, 7) is 0.769. The van der Waals surface area contributed by atoms with E-state index in [1.54, 1.807) is 23.5 Å². The minimum Gasteiger partial charge on any atom is -0.335 e. The van der Waals surface area contributed by atoms with Crippen LogP contribution in [0.1, 0.15) is 29.3 Å². The van der Waals surface area contributed by atoms with Gasteiger partial charge in [-0.25, -0.2) is 4.39 Å². The van der Waals surface area contributed by atoms with Crippen LogP contribution in [0.25, 0.3) is 0 Å². The van der Waals surface area contributed by atoms with E-state index in [0.29, 0.717) is 6.42 Å². The fourth-order valence-electron chi connectivity index (χ4n) is 2.79. The predicted molar refractivity (Wildman–Crippen MR) is 78.1 cm³/mol. The Kier molecular flexibility index (Phi) is 3.83. The van der Waals surface area contributed by atoms with E-state index in [1.807, 2.05) is 28.5 Å². The molecule has 3 rings (SSSR count). The molecule has 2 nitrogen and oxygen atoms in total. The Morgan fingerprint density at radius 2 is 2.25 bits per heavy atom. The van der Waals surface area contributed by atoms with Crippen LogP contribution in [0.15, 0.2) is 41.8 Å². The summed E-state index contributed by atoms with van der Waals surface area (Å²) < 4.78 is 13.4. The fourth-order valence-corrected chi connectivity index (χ4v) is 3.49. The van der Waals surface area contributed by atoms with E-state index in [4.69, 9.17) is 0 Å². The van der Waals surface area contributed by atoms with Crippen molar-refractivity contribution in [3.05, 3.63) is 58.0 Å². The number of amides is 1. The van der Waals surface area contributed by atoms with Crippen molar-refractivity contribution in [2.45, 2.75) is 25.3 Å². The van der Waals surface area contributed by atoms with Crippen molar-refractivity contribution in [1.82, 2.24) is 4.90 Å². The Balaban J connectivity index is 1.77. The molecule has 0 unspecified atom stereocenters. The zero-order chi connectivity index (χ0) is 13.9. The highest BCUT2D eigenvalue weighted by Crippen LogP contribution is 2.32. The van der Waals surface area contributed by atoms with E-state index < -0.39 is 0 Å². The van der Waals surface area contributed by atoms with Crippen LogP contribution in [-0.4, -0.2) is 17.4 Å². The molecular formula is C16H16FNOS. The molecule has 1 aromatic carbocycles. The van der Waals surface area contributed by atoms with E-state index in [1.165, 1.54) is 6.07 Å². The number of hydrogen-bond acceptors (Lipinski definition) is 2. The second-order valence-electron chi connectivity index (χ2n) is 5.06. The molecule has 0 saturated carbocycles. The van der Waals surface area contributed by atoms with Gasteiger partial charge in [0.25, 0.3) is 0 Å². The van der Waals surface area contributed by atoms with Gasteiger partial charge in [-0.1, -0.05) is 18.2 Å². The summed E-state index contributed by atoms with van der Waals surface area (Å²) in [4.78, 5) is 15.4. The maximum atomic E-state index is 13.4. The van der Waals surface area contributed by atoms with Gasteiger partial charge in [-0.15, -0.1) is 11.3 Å². The van der Waals surface area contributed by atoms with Gasteiger partial charge in [-0.05, 0) is 42.0 Å². The fraction of sp³-hybridized carbons (Fsp3) is 0.312. The highest BCUT2D eigenvalue weighted by molar-refractivity contribution is 7.10. The number of rotatable bonds is 3. The summed E-state index contributed by atoms with van der Waals surface area (Å²) in [6, 6.07) is 10.6. The van der Waals surface area contributed by atoms with Crippen molar-refractivity contribution in [1.29, 1.82) is 0 Å². The van der Waals surface area contributed by atoms with Gasteiger partial charge in [0.15, 0.2) is 0 Å². The number of carbonyl (C=O) groups is 1. The number of carbonyl (C=O) groups excluding carboxylic acids is 1. The van der Waals surface area contributed by atoms with E-state index in [2.05, 4.69) is 0 Å². The molecule has 0 N–H and O–H groups in total. The molecule has 0 aliphatic carbocycles. The zero-order valence-electron chi connectivity index (χ0n) is 11.1. The number of halogens is 1. The highest BCUT2D eigenvalue weighted by atomic mass is 32.1. The molecule has 1 saturated heterocycles. The Hall–Kier alpha value is -1.68. The normalized spacial score (nSPS) is 18.4. The Labute approximate surface area is 121 Å². The van der Waals surface area contributed by atoms with Crippen LogP contribution in [-0.2, 0) is 11.2 Å². The lowest BCUT2D eigenvalue weighted by molar-refractivity contribution is -0.131. The van der Waals surface area contributed by atoms with Gasteiger partial charge in [0.05, 0.1) is 12.5 Å². The molecule has 1 aliphatic rings.